The number of carbonyl (C=O) groups excluding carboxylic acids is 1. The fraction of sp³-hybridized carbons (Fsp3) is 0.500. The van der Waals surface area contributed by atoms with Crippen LogP contribution in [0.4, 0.5) is 0 Å². The Morgan fingerprint density at radius 3 is 3.06 bits per heavy atom. The van der Waals surface area contributed by atoms with E-state index >= 15 is 0 Å². The summed E-state index contributed by atoms with van der Waals surface area (Å²) in [6, 6.07) is 0. The number of ketones is 1. The fourth-order valence-corrected chi connectivity index (χ4v) is 2.93. The lowest BCUT2D eigenvalue weighted by molar-refractivity contribution is 0.0755. The molecule has 0 aliphatic heterocycles. The van der Waals surface area contributed by atoms with Crippen molar-refractivity contribution in [3.63, 3.8) is 0 Å². The van der Waals surface area contributed by atoms with E-state index in [9.17, 15) is 9.90 Å². The van der Waals surface area contributed by atoms with Crippen LogP contribution in [0.5, 0.6) is 0 Å². The van der Waals surface area contributed by atoms with Gasteiger partial charge in [-0.3, -0.25) is 4.79 Å². The van der Waals surface area contributed by atoms with Gasteiger partial charge in [0.2, 0.25) is 5.78 Å². The number of hydrogen-bond donors (Lipinski definition) is 1. The van der Waals surface area contributed by atoms with E-state index in [0.29, 0.717) is 18.6 Å². The van der Waals surface area contributed by atoms with Gasteiger partial charge in [0.25, 0.3) is 0 Å². The number of allylic oxidation sites excluding steroid dienone is 1. The zero-order valence-electron chi connectivity index (χ0n) is 10.1. The molecule has 0 bridgehead atoms. The van der Waals surface area contributed by atoms with Crippen molar-refractivity contribution in [2.75, 3.05) is 0 Å². The first-order valence-electron chi connectivity index (χ1n) is 6.03. The molecule has 3 nitrogen and oxygen atoms in total. The molecule has 1 heterocycles. The maximum atomic E-state index is 12.5. The summed E-state index contributed by atoms with van der Waals surface area (Å²) in [5.74, 6) is 0.600. The van der Waals surface area contributed by atoms with Crippen LogP contribution in [0, 0.1) is 12.3 Å². The maximum absolute atomic E-state index is 12.5. The van der Waals surface area contributed by atoms with Crippen LogP contribution in [-0.2, 0) is 6.42 Å². The van der Waals surface area contributed by atoms with Gasteiger partial charge in [0.15, 0.2) is 5.76 Å². The van der Waals surface area contributed by atoms with Gasteiger partial charge in [0, 0.05) is 5.56 Å². The molecule has 1 unspecified atom stereocenters. The highest BCUT2D eigenvalue weighted by atomic mass is 16.3. The van der Waals surface area contributed by atoms with Gasteiger partial charge in [-0.15, -0.1) is 0 Å². The summed E-state index contributed by atoms with van der Waals surface area (Å²) in [6.45, 7) is 3.92. The van der Waals surface area contributed by atoms with E-state index in [2.05, 4.69) is 0 Å². The summed E-state index contributed by atoms with van der Waals surface area (Å²) in [7, 11) is 0. The molecule has 3 heteroatoms. The predicted molar refractivity (Wildman–Crippen MR) is 62.9 cm³/mol. The third-order valence-electron chi connectivity index (χ3n) is 4.22. The van der Waals surface area contributed by atoms with E-state index in [1.807, 2.05) is 19.9 Å². The fourth-order valence-electron chi connectivity index (χ4n) is 2.93. The number of fused-ring (bicyclic) bond motifs is 2. The quantitative estimate of drug-likeness (QED) is 0.699. The van der Waals surface area contributed by atoms with Crippen molar-refractivity contribution in [3.8, 4) is 0 Å². The molecule has 1 N–H and O–H groups in total. The standard InChI is InChI=1S/C14H16O3/c1-8-7-17-12-11(8)6-9-5-10(15)3-4-14(9,2)13(12)16/h5,7,10,15H,3-4,6H2,1-2H3/t10?,14-/m0/s1. The third kappa shape index (κ3) is 1.35. The van der Waals surface area contributed by atoms with Crippen LogP contribution in [0.25, 0.3) is 0 Å². The van der Waals surface area contributed by atoms with Crippen molar-refractivity contribution in [1.29, 1.82) is 0 Å². The Balaban J connectivity index is 2.17. The van der Waals surface area contributed by atoms with E-state index in [1.165, 1.54) is 0 Å². The second-order valence-electron chi connectivity index (χ2n) is 5.36. The molecule has 3 rings (SSSR count). The van der Waals surface area contributed by atoms with Crippen LogP contribution in [0.1, 0.15) is 41.4 Å². The Morgan fingerprint density at radius 2 is 2.29 bits per heavy atom. The number of Topliss-reactive ketones (excluding diaryl/α,β-unsaturated/α-hetero) is 1. The van der Waals surface area contributed by atoms with Gasteiger partial charge >= 0.3 is 0 Å². The summed E-state index contributed by atoms with van der Waals surface area (Å²) in [5.41, 5.74) is 2.61. The van der Waals surface area contributed by atoms with Crippen molar-refractivity contribution in [2.45, 2.75) is 39.2 Å². The minimum atomic E-state index is -0.462. The molecule has 17 heavy (non-hydrogen) atoms. The number of rotatable bonds is 0. The average molecular weight is 232 g/mol. The minimum absolute atomic E-state index is 0.0741. The van der Waals surface area contributed by atoms with E-state index in [4.69, 9.17) is 4.42 Å². The molecule has 0 spiro atoms. The number of carbonyl (C=O) groups is 1. The van der Waals surface area contributed by atoms with Crippen LogP contribution in [-0.4, -0.2) is 17.0 Å². The zero-order valence-corrected chi connectivity index (χ0v) is 10.1. The number of aliphatic hydroxyl groups excluding tert-OH is 1. The topological polar surface area (TPSA) is 50.4 Å². The highest BCUT2D eigenvalue weighted by Crippen LogP contribution is 2.46. The first kappa shape index (κ1) is 10.8. The first-order chi connectivity index (χ1) is 8.02. The van der Waals surface area contributed by atoms with Crippen LogP contribution >= 0.6 is 0 Å². The minimum Gasteiger partial charge on any atom is -0.461 e. The monoisotopic (exact) mass is 232 g/mol. The van der Waals surface area contributed by atoms with Crippen molar-refractivity contribution in [1.82, 2.24) is 0 Å². The zero-order chi connectivity index (χ0) is 12.2. The number of aryl methyl sites for hydroxylation is 1. The van der Waals surface area contributed by atoms with Gasteiger partial charge in [-0.1, -0.05) is 11.6 Å². The molecule has 1 aromatic rings. The normalized spacial score (nSPS) is 31.8. The Labute approximate surface area is 100 Å². The lowest BCUT2D eigenvalue weighted by Crippen LogP contribution is -2.39. The Kier molecular flexibility index (Phi) is 2.11. The van der Waals surface area contributed by atoms with Crippen molar-refractivity contribution >= 4 is 5.78 Å². The molecule has 90 valence electrons. The van der Waals surface area contributed by atoms with E-state index in [-0.39, 0.29) is 5.78 Å². The van der Waals surface area contributed by atoms with Crippen molar-refractivity contribution < 1.29 is 14.3 Å². The molecular formula is C14H16O3. The van der Waals surface area contributed by atoms with E-state index in [0.717, 1.165) is 23.1 Å². The molecule has 0 aromatic carbocycles. The first-order valence-corrected chi connectivity index (χ1v) is 6.03. The second kappa shape index (κ2) is 3.33. The SMILES string of the molecule is Cc1coc2c1CC1=CC(O)CC[C@]1(C)C2=O. The maximum Gasteiger partial charge on any atom is 0.208 e. The van der Waals surface area contributed by atoms with Gasteiger partial charge in [-0.05, 0) is 38.7 Å². The van der Waals surface area contributed by atoms with Gasteiger partial charge in [-0.25, -0.2) is 0 Å². The van der Waals surface area contributed by atoms with Crippen LogP contribution < -0.4 is 0 Å². The lowest BCUT2D eigenvalue weighted by atomic mass is 9.64. The predicted octanol–water partition coefficient (Wildman–Crippen LogP) is 2.41. The average Bonchev–Trinajstić information content (AvgIpc) is 2.65. The van der Waals surface area contributed by atoms with E-state index in [1.54, 1.807) is 6.26 Å². The highest BCUT2D eigenvalue weighted by Gasteiger charge is 2.46. The molecule has 0 amide bonds. The molecule has 0 saturated heterocycles. The summed E-state index contributed by atoms with van der Waals surface area (Å²) in [4.78, 5) is 12.5. The summed E-state index contributed by atoms with van der Waals surface area (Å²) < 4.78 is 5.40. The smallest absolute Gasteiger partial charge is 0.208 e. The molecule has 2 aliphatic rings. The van der Waals surface area contributed by atoms with Gasteiger partial charge in [0.1, 0.15) is 0 Å². The summed E-state index contributed by atoms with van der Waals surface area (Å²) >= 11 is 0. The van der Waals surface area contributed by atoms with Crippen LogP contribution in [0.2, 0.25) is 0 Å². The number of aliphatic hydroxyl groups is 1. The lowest BCUT2D eigenvalue weighted by Gasteiger charge is -2.38. The Morgan fingerprint density at radius 1 is 1.53 bits per heavy atom. The van der Waals surface area contributed by atoms with E-state index < -0.39 is 11.5 Å². The molecule has 2 atom stereocenters. The van der Waals surface area contributed by atoms with Gasteiger partial charge in [-0.2, -0.15) is 0 Å². The molecule has 0 fully saturated rings. The molecule has 1 aromatic heterocycles. The summed E-state index contributed by atoms with van der Waals surface area (Å²) in [6.07, 6.45) is 5.20. The number of hydrogen-bond acceptors (Lipinski definition) is 3. The Bertz CT molecular complexity index is 524. The summed E-state index contributed by atoms with van der Waals surface area (Å²) in [5, 5.41) is 9.71. The van der Waals surface area contributed by atoms with Gasteiger partial charge < -0.3 is 9.52 Å². The Hall–Kier alpha value is -1.35. The van der Waals surface area contributed by atoms with Crippen molar-refractivity contribution in [2.24, 2.45) is 5.41 Å². The molecule has 0 saturated carbocycles. The number of furan rings is 1. The van der Waals surface area contributed by atoms with Crippen LogP contribution in [0.15, 0.2) is 22.3 Å². The highest BCUT2D eigenvalue weighted by molar-refractivity contribution is 6.03. The van der Waals surface area contributed by atoms with Crippen molar-refractivity contribution in [3.05, 3.63) is 34.8 Å². The molecular weight excluding hydrogens is 216 g/mol. The molecule has 0 radical (unpaired) electrons. The van der Waals surface area contributed by atoms with Gasteiger partial charge in [0.05, 0.1) is 17.8 Å². The molecule has 2 aliphatic carbocycles. The largest absolute Gasteiger partial charge is 0.461 e. The van der Waals surface area contributed by atoms with Crippen LogP contribution in [0.3, 0.4) is 0 Å². The second-order valence-corrected chi connectivity index (χ2v) is 5.36. The third-order valence-corrected chi connectivity index (χ3v) is 4.22.